The van der Waals surface area contributed by atoms with Crippen molar-refractivity contribution in [3.63, 3.8) is 0 Å². The summed E-state index contributed by atoms with van der Waals surface area (Å²) in [6.45, 7) is 2.65. The molecule has 0 amide bonds. The second-order valence-corrected chi connectivity index (χ2v) is 6.35. The molecule has 3 aromatic rings. The first-order valence-corrected chi connectivity index (χ1v) is 8.03. The summed E-state index contributed by atoms with van der Waals surface area (Å²) in [4.78, 5) is 1.23. The van der Waals surface area contributed by atoms with E-state index in [1.54, 1.807) is 11.3 Å². The Morgan fingerprint density at radius 1 is 1.10 bits per heavy atom. The van der Waals surface area contributed by atoms with Crippen molar-refractivity contribution in [1.82, 2.24) is 0 Å². The van der Waals surface area contributed by atoms with Gasteiger partial charge in [-0.1, -0.05) is 36.4 Å². The molecule has 0 aliphatic carbocycles. The minimum absolute atomic E-state index is 0.111. The number of nitrogens with two attached hydrogens (primary N) is 1. The number of rotatable bonds is 5. The Morgan fingerprint density at radius 2 is 1.95 bits per heavy atom. The van der Waals surface area contributed by atoms with Crippen LogP contribution in [-0.4, -0.2) is 6.04 Å². The highest BCUT2D eigenvalue weighted by atomic mass is 32.1. The fourth-order valence-electron chi connectivity index (χ4n) is 2.53. The van der Waals surface area contributed by atoms with E-state index in [1.165, 1.54) is 21.2 Å². The van der Waals surface area contributed by atoms with Crippen molar-refractivity contribution in [3.8, 4) is 5.75 Å². The van der Waals surface area contributed by atoms with Crippen LogP contribution in [0, 0.1) is 0 Å². The van der Waals surface area contributed by atoms with E-state index >= 15 is 0 Å². The van der Waals surface area contributed by atoms with E-state index < -0.39 is 0 Å². The van der Waals surface area contributed by atoms with Crippen LogP contribution >= 0.6 is 11.3 Å². The van der Waals surface area contributed by atoms with Crippen molar-refractivity contribution in [3.05, 3.63) is 64.4 Å². The number of ether oxygens (including phenoxy) is 1. The van der Waals surface area contributed by atoms with Gasteiger partial charge in [0.2, 0.25) is 0 Å². The van der Waals surface area contributed by atoms with Gasteiger partial charge < -0.3 is 10.5 Å². The second kappa shape index (κ2) is 6.29. The molecule has 1 aromatic heterocycles. The first-order chi connectivity index (χ1) is 10.2. The number of fused-ring (bicyclic) bond motifs is 1. The van der Waals surface area contributed by atoms with Gasteiger partial charge in [-0.05, 0) is 41.6 Å². The van der Waals surface area contributed by atoms with Gasteiger partial charge in [0.15, 0.2) is 0 Å². The zero-order valence-electron chi connectivity index (χ0n) is 12.1. The van der Waals surface area contributed by atoms with Gasteiger partial charge in [0.05, 0.1) is 0 Å². The molecule has 0 bridgehead atoms. The van der Waals surface area contributed by atoms with Crippen LogP contribution in [0.5, 0.6) is 5.75 Å². The Morgan fingerprint density at radius 3 is 2.71 bits per heavy atom. The molecule has 3 heteroatoms. The van der Waals surface area contributed by atoms with Gasteiger partial charge in [0.1, 0.15) is 12.4 Å². The highest BCUT2D eigenvalue weighted by Gasteiger charge is 2.11. The molecule has 0 aliphatic rings. The van der Waals surface area contributed by atoms with E-state index in [0.29, 0.717) is 6.61 Å². The molecule has 0 saturated carbocycles. The lowest BCUT2D eigenvalue weighted by atomic mass is 9.98. The quantitative estimate of drug-likeness (QED) is 0.759. The first kappa shape index (κ1) is 14.1. The Hall–Kier alpha value is -1.84. The predicted molar refractivity (Wildman–Crippen MR) is 90.0 cm³/mol. The van der Waals surface area contributed by atoms with E-state index in [2.05, 4.69) is 47.8 Å². The third-order valence-corrected chi connectivity index (χ3v) is 4.32. The van der Waals surface area contributed by atoms with E-state index in [9.17, 15) is 0 Å². The van der Waals surface area contributed by atoms with Gasteiger partial charge in [-0.15, -0.1) is 11.3 Å². The Balaban J connectivity index is 1.96. The van der Waals surface area contributed by atoms with Crippen molar-refractivity contribution in [2.45, 2.75) is 26.0 Å². The van der Waals surface area contributed by atoms with Crippen LogP contribution in [0.25, 0.3) is 10.8 Å². The van der Waals surface area contributed by atoms with E-state index in [1.807, 2.05) is 13.0 Å². The van der Waals surface area contributed by atoms with Crippen LogP contribution in [0.1, 0.15) is 17.4 Å². The maximum Gasteiger partial charge on any atom is 0.123 e. The van der Waals surface area contributed by atoms with Gasteiger partial charge >= 0.3 is 0 Å². The lowest BCUT2D eigenvalue weighted by Crippen LogP contribution is -2.18. The summed E-state index contributed by atoms with van der Waals surface area (Å²) in [6, 6.07) is 16.8. The number of hydrogen-bond acceptors (Lipinski definition) is 3. The first-order valence-electron chi connectivity index (χ1n) is 7.15. The third kappa shape index (κ3) is 3.26. The third-order valence-electron chi connectivity index (χ3n) is 3.47. The minimum atomic E-state index is 0.111. The van der Waals surface area contributed by atoms with Crippen LogP contribution in [0.2, 0.25) is 0 Å². The average molecular weight is 297 g/mol. The zero-order chi connectivity index (χ0) is 14.7. The topological polar surface area (TPSA) is 35.2 Å². The lowest BCUT2D eigenvalue weighted by Gasteiger charge is -2.15. The molecule has 2 nitrogen and oxygen atoms in total. The number of benzene rings is 2. The fourth-order valence-corrected chi connectivity index (χ4v) is 3.14. The van der Waals surface area contributed by atoms with Crippen LogP contribution in [0.15, 0.2) is 53.9 Å². The average Bonchev–Trinajstić information content (AvgIpc) is 2.99. The molecule has 1 atom stereocenters. The number of thiophene rings is 1. The molecule has 2 aromatic carbocycles. The van der Waals surface area contributed by atoms with Crippen LogP contribution in [-0.2, 0) is 13.0 Å². The normalized spacial score (nSPS) is 12.5. The standard InChI is InChI=1S/C18H19NOS/c1-13(19)11-17-16-7-3-2-5-14(16)8-9-18(17)20-12-15-6-4-10-21-15/h2-10,13H,11-12,19H2,1H3. The summed E-state index contributed by atoms with van der Waals surface area (Å²) < 4.78 is 6.05. The second-order valence-electron chi connectivity index (χ2n) is 5.31. The minimum Gasteiger partial charge on any atom is -0.488 e. The van der Waals surface area contributed by atoms with Crippen molar-refractivity contribution < 1.29 is 4.74 Å². The van der Waals surface area contributed by atoms with Gasteiger partial charge in [-0.25, -0.2) is 0 Å². The molecule has 0 saturated heterocycles. The highest BCUT2D eigenvalue weighted by Crippen LogP contribution is 2.30. The monoisotopic (exact) mass is 297 g/mol. The smallest absolute Gasteiger partial charge is 0.123 e. The molecule has 108 valence electrons. The van der Waals surface area contributed by atoms with Crippen LogP contribution in [0.3, 0.4) is 0 Å². The van der Waals surface area contributed by atoms with Crippen molar-refractivity contribution in [1.29, 1.82) is 0 Å². The zero-order valence-corrected chi connectivity index (χ0v) is 12.9. The largest absolute Gasteiger partial charge is 0.488 e. The molecule has 21 heavy (non-hydrogen) atoms. The van der Waals surface area contributed by atoms with Gasteiger partial charge in [-0.3, -0.25) is 0 Å². The van der Waals surface area contributed by atoms with Gasteiger partial charge in [-0.2, -0.15) is 0 Å². The maximum atomic E-state index is 6.05. The van der Waals surface area contributed by atoms with Crippen molar-refractivity contribution >= 4 is 22.1 Å². The Bertz CT molecular complexity index is 719. The SMILES string of the molecule is CC(N)Cc1c(OCc2cccs2)ccc2ccccc12. The van der Waals surface area contributed by atoms with E-state index in [0.717, 1.165) is 12.2 Å². The molecule has 0 aliphatic heterocycles. The maximum absolute atomic E-state index is 6.05. The van der Waals surface area contributed by atoms with Gasteiger partial charge in [0.25, 0.3) is 0 Å². The predicted octanol–water partition coefficient (Wildman–Crippen LogP) is 4.37. The molecule has 0 radical (unpaired) electrons. The lowest BCUT2D eigenvalue weighted by molar-refractivity contribution is 0.306. The van der Waals surface area contributed by atoms with E-state index in [4.69, 9.17) is 10.5 Å². The van der Waals surface area contributed by atoms with E-state index in [-0.39, 0.29) is 6.04 Å². The molecule has 0 spiro atoms. The molecule has 1 unspecified atom stereocenters. The van der Waals surface area contributed by atoms with Crippen LogP contribution < -0.4 is 10.5 Å². The van der Waals surface area contributed by atoms with Crippen molar-refractivity contribution in [2.75, 3.05) is 0 Å². The fraction of sp³-hybridized carbons (Fsp3) is 0.222. The van der Waals surface area contributed by atoms with Gasteiger partial charge in [0, 0.05) is 16.5 Å². The number of hydrogen-bond donors (Lipinski definition) is 1. The molecule has 0 fully saturated rings. The summed E-state index contributed by atoms with van der Waals surface area (Å²) in [7, 11) is 0. The molecule has 1 heterocycles. The summed E-state index contributed by atoms with van der Waals surface area (Å²) >= 11 is 1.72. The van der Waals surface area contributed by atoms with Crippen molar-refractivity contribution in [2.24, 2.45) is 5.73 Å². The molecular formula is C18H19NOS. The summed E-state index contributed by atoms with van der Waals surface area (Å²) in [5, 5.41) is 4.54. The highest BCUT2D eigenvalue weighted by molar-refractivity contribution is 7.09. The molecule has 3 rings (SSSR count). The Labute approximate surface area is 129 Å². The summed E-state index contributed by atoms with van der Waals surface area (Å²) in [5.41, 5.74) is 7.23. The van der Waals surface area contributed by atoms with Crippen LogP contribution in [0.4, 0.5) is 0 Å². The molecular weight excluding hydrogens is 278 g/mol. The summed E-state index contributed by atoms with van der Waals surface area (Å²) in [6.07, 6.45) is 0.821. The summed E-state index contributed by atoms with van der Waals surface area (Å²) in [5.74, 6) is 0.944. The Kier molecular flexibility index (Phi) is 4.23. The molecule has 2 N–H and O–H groups in total.